The lowest BCUT2D eigenvalue weighted by Gasteiger charge is -2.24. The van der Waals surface area contributed by atoms with Crippen LogP contribution >= 0.6 is 11.6 Å². The molecule has 0 amide bonds. The molecule has 1 aromatic heterocycles. The Bertz CT molecular complexity index is 411. The molecule has 1 fully saturated rings. The van der Waals surface area contributed by atoms with Gasteiger partial charge in [0.2, 0.25) is 0 Å². The first kappa shape index (κ1) is 13.4. The molecule has 1 unspecified atom stereocenters. The van der Waals surface area contributed by atoms with Gasteiger partial charge in [0.25, 0.3) is 0 Å². The summed E-state index contributed by atoms with van der Waals surface area (Å²) < 4.78 is 4.98. The van der Waals surface area contributed by atoms with E-state index in [1.165, 1.54) is 20.0 Å². The van der Waals surface area contributed by atoms with E-state index in [1.54, 1.807) is 6.20 Å². The van der Waals surface area contributed by atoms with Crippen molar-refractivity contribution in [2.24, 2.45) is 0 Å². The van der Waals surface area contributed by atoms with Crippen molar-refractivity contribution in [3.8, 4) is 6.01 Å². The van der Waals surface area contributed by atoms with Gasteiger partial charge in [0.15, 0.2) is 5.82 Å². The van der Waals surface area contributed by atoms with E-state index in [1.807, 2.05) is 0 Å². The highest BCUT2D eigenvalue weighted by Crippen LogP contribution is 2.27. The van der Waals surface area contributed by atoms with E-state index < -0.39 is 0 Å². The second kappa shape index (κ2) is 5.71. The second-order valence-corrected chi connectivity index (χ2v) is 5.09. The van der Waals surface area contributed by atoms with E-state index >= 15 is 0 Å². The highest BCUT2D eigenvalue weighted by molar-refractivity contribution is 6.32. The maximum Gasteiger partial charge on any atom is 0.318 e. The number of rotatable bonds is 6. The molecule has 18 heavy (non-hydrogen) atoms. The van der Waals surface area contributed by atoms with Crippen LogP contribution in [0.15, 0.2) is 6.20 Å². The van der Waals surface area contributed by atoms with Gasteiger partial charge in [-0.1, -0.05) is 11.6 Å². The lowest BCUT2D eigenvalue weighted by molar-refractivity contribution is 0.257. The van der Waals surface area contributed by atoms with E-state index in [9.17, 15) is 0 Å². The summed E-state index contributed by atoms with van der Waals surface area (Å²) in [6, 6.07) is 1.51. The molecule has 1 aromatic rings. The topological polar surface area (TPSA) is 50.3 Å². The van der Waals surface area contributed by atoms with Gasteiger partial charge in [-0.2, -0.15) is 4.98 Å². The van der Waals surface area contributed by atoms with Crippen molar-refractivity contribution < 1.29 is 4.74 Å². The summed E-state index contributed by atoms with van der Waals surface area (Å²) >= 11 is 6.03. The molecule has 0 spiro atoms. The third-order valence-corrected chi connectivity index (χ3v) is 3.56. The lowest BCUT2D eigenvalue weighted by Crippen LogP contribution is -2.36. The Morgan fingerprint density at radius 1 is 1.61 bits per heavy atom. The third-order valence-electron chi connectivity index (χ3n) is 3.29. The van der Waals surface area contributed by atoms with Gasteiger partial charge in [0.05, 0.1) is 13.3 Å². The Labute approximate surface area is 113 Å². The first-order chi connectivity index (χ1) is 8.61. The normalized spacial score (nSPS) is 16.7. The smallest absolute Gasteiger partial charge is 0.318 e. The molecule has 1 saturated carbocycles. The molecule has 1 N–H and O–H groups in total. The van der Waals surface area contributed by atoms with E-state index in [0.29, 0.717) is 22.9 Å². The van der Waals surface area contributed by atoms with Crippen molar-refractivity contribution in [1.29, 1.82) is 0 Å². The molecule has 0 aromatic carbocycles. The monoisotopic (exact) mass is 270 g/mol. The summed E-state index contributed by atoms with van der Waals surface area (Å²) in [5.41, 5.74) is 0. The zero-order valence-electron chi connectivity index (χ0n) is 11.0. The number of likely N-dealkylation sites (N-methyl/N-ethyl adjacent to an activating group) is 1. The average Bonchev–Trinajstić information content (AvgIpc) is 3.20. The van der Waals surface area contributed by atoms with Gasteiger partial charge in [-0.15, -0.1) is 0 Å². The van der Waals surface area contributed by atoms with Crippen LogP contribution in [0.1, 0.15) is 19.8 Å². The van der Waals surface area contributed by atoms with E-state index in [2.05, 4.69) is 34.2 Å². The average molecular weight is 271 g/mol. The van der Waals surface area contributed by atoms with Crippen LogP contribution in [0, 0.1) is 0 Å². The molecule has 0 saturated heterocycles. The fourth-order valence-corrected chi connectivity index (χ4v) is 1.96. The van der Waals surface area contributed by atoms with Crippen molar-refractivity contribution in [2.45, 2.75) is 31.8 Å². The van der Waals surface area contributed by atoms with Crippen LogP contribution in [-0.2, 0) is 0 Å². The maximum atomic E-state index is 6.03. The molecule has 1 aliphatic carbocycles. The van der Waals surface area contributed by atoms with Gasteiger partial charge in [-0.25, -0.2) is 4.98 Å². The third kappa shape index (κ3) is 3.23. The number of nitrogens with one attached hydrogen (secondary N) is 1. The molecule has 0 radical (unpaired) electrons. The molecule has 5 nitrogen and oxygen atoms in total. The van der Waals surface area contributed by atoms with E-state index in [-0.39, 0.29) is 0 Å². The van der Waals surface area contributed by atoms with Crippen molar-refractivity contribution in [3.05, 3.63) is 11.2 Å². The van der Waals surface area contributed by atoms with E-state index in [4.69, 9.17) is 16.3 Å². The quantitative estimate of drug-likeness (QED) is 0.857. The molecular formula is C12H19ClN4O. The van der Waals surface area contributed by atoms with Crippen LogP contribution in [0.5, 0.6) is 6.01 Å². The summed E-state index contributed by atoms with van der Waals surface area (Å²) in [5, 5.41) is 3.76. The van der Waals surface area contributed by atoms with Crippen LogP contribution in [0.3, 0.4) is 0 Å². The minimum absolute atomic E-state index is 0.324. The predicted molar refractivity (Wildman–Crippen MR) is 72.3 cm³/mol. The number of aromatic nitrogens is 2. The fourth-order valence-electron chi connectivity index (χ4n) is 1.80. The number of nitrogens with zero attached hydrogens (tertiary/aromatic N) is 3. The Balaban J connectivity index is 1.92. The van der Waals surface area contributed by atoms with Crippen LogP contribution in [0.4, 0.5) is 5.82 Å². The number of hydrogen-bond donors (Lipinski definition) is 1. The van der Waals surface area contributed by atoms with Crippen LogP contribution in [0.2, 0.25) is 5.02 Å². The Hall–Kier alpha value is -1.07. The molecule has 1 heterocycles. The minimum Gasteiger partial charge on any atom is -0.467 e. The zero-order valence-corrected chi connectivity index (χ0v) is 11.7. The van der Waals surface area contributed by atoms with Gasteiger partial charge in [-0.05, 0) is 26.8 Å². The standard InChI is InChI=1S/C12H19ClN4O/c1-8(17(2)9-4-5-9)6-14-11-10(13)7-15-12(16-11)18-3/h7-9H,4-6H2,1-3H3,(H,14,15,16). The fraction of sp³-hybridized carbons (Fsp3) is 0.667. The van der Waals surface area contributed by atoms with Crippen molar-refractivity contribution >= 4 is 17.4 Å². The summed E-state index contributed by atoms with van der Waals surface area (Å²) in [6.07, 6.45) is 4.16. The van der Waals surface area contributed by atoms with Crippen molar-refractivity contribution in [2.75, 3.05) is 26.0 Å². The first-order valence-electron chi connectivity index (χ1n) is 6.14. The number of halogens is 1. The van der Waals surface area contributed by atoms with Gasteiger partial charge in [0, 0.05) is 18.6 Å². The summed E-state index contributed by atoms with van der Waals surface area (Å²) in [7, 11) is 3.70. The molecule has 1 atom stereocenters. The molecule has 0 aliphatic heterocycles. The van der Waals surface area contributed by atoms with Gasteiger partial charge in [0.1, 0.15) is 5.02 Å². The maximum absolute atomic E-state index is 6.03. The number of anilines is 1. The number of ether oxygens (including phenoxy) is 1. The highest BCUT2D eigenvalue weighted by Gasteiger charge is 2.28. The first-order valence-corrected chi connectivity index (χ1v) is 6.52. The second-order valence-electron chi connectivity index (χ2n) is 4.68. The van der Waals surface area contributed by atoms with Crippen LogP contribution in [-0.4, -0.2) is 47.7 Å². The highest BCUT2D eigenvalue weighted by atomic mass is 35.5. The molecule has 0 bridgehead atoms. The molecule has 2 rings (SSSR count). The molecular weight excluding hydrogens is 252 g/mol. The van der Waals surface area contributed by atoms with Gasteiger partial charge in [-0.3, -0.25) is 4.90 Å². The number of hydrogen-bond acceptors (Lipinski definition) is 5. The lowest BCUT2D eigenvalue weighted by atomic mass is 10.3. The van der Waals surface area contributed by atoms with Gasteiger partial charge < -0.3 is 10.1 Å². The van der Waals surface area contributed by atoms with Gasteiger partial charge >= 0.3 is 6.01 Å². The Kier molecular flexibility index (Phi) is 4.24. The summed E-state index contributed by atoms with van der Waals surface area (Å²) in [5.74, 6) is 0.625. The zero-order chi connectivity index (χ0) is 13.1. The SMILES string of the molecule is COc1ncc(Cl)c(NCC(C)N(C)C2CC2)n1. The van der Waals surface area contributed by atoms with Crippen LogP contribution < -0.4 is 10.1 Å². The Morgan fingerprint density at radius 2 is 2.33 bits per heavy atom. The minimum atomic E-state index is 0.324. The van der Waals surface area contributed by atoms with Crippen LogP contribution in [0.25, 0.3) is 0 Å². The summed E-state index contributed by atoms with van der Waals surface area (Å²) in [6.45, 7) is 2.99. The molecule has 6 heteroatoms. The number of methoxy groups -OCH3 is 1. The largest absolute Gasteiger partial charge is 0.467 e. The predicted octanol–water partition coefficient (Wildman–Crippen LogP) is 2.03. The molecule has 100 valence electrons. The van der Waals surface area contributed by atoms with Crippen molar-refractivity contribution in [3.63, 3.8) is 0 Å². The summed E-state index contributed by atoms with van der Waals surface area (Å²) in [4.78, 5) is 10.5. The Morgan fingerprint density at radius 3 is 2.94 bits per heavy atom. The van der Waals surface area contributed by atoms with E-state index in [0.717, 1.165) is 12.6 Å². The van der Waals surface area contributed by atoms with Crippen molar-refractivity contribution in [1.82, 2.24) is 14.9 Å². The molecule has 1 aliphatic rings.